The molecular weight excluding hydrogens is 380 g/mol. The lowest BCUT2D eigenvalue weighted by atomic mass is 9.96. The van der Waals surface area contributed by atoms with Crippen molar-refractivity contribution in [2.45, 2.75) is 26.7 Å². The van der Waals surface area contributed by atoms with Gasteiger partial charge in [0.05, 0.1) is 30.3 Å². The molecule has 1 fully saturated rings. The van der Waals surface area contributed by atoms with Gasteiger partial charge in [-0.15, -0.1) is 0 Å². The third-order valence-electron chi connectivity index (χ3n) is 5.81. The van der Waals surface area contributed by atoms with Crippen molar-refractivity contribution in [1.29, 1.82) is 0 Å². The number of aromatic nitrogens is 4. The van der Waals surface area contributed by atoms with Crippen molar-refractivity contribution in [2.24, 2.45) is 5.92 Å². The van der Waals surface area contributed by atoms with E-state index < -0.39 is 0 Å². The predicted octanol–water partition coefficient (Wildman–Crippen LogP) is 2.91. The van der Waals surface area contributed by atoms with Crippen molar-refractivity contribution in [3.8, 4) is 11.4 Å². The number of anilines is 1. The van der Waals surface area contributed by atoms with Crippen LogP contribution < -0.4 is 9.64 Å². The Morgan fingerprint density at radius 1 is 1.20 bits per heavy atom. The van der Waals surface area contributed by atoms with Crippen LogP contribution in [-0.2, 0) is 4.79 Å². The Kier molecular flexibility index (Phi) is 5.83. The van der Waals surface area contributed by atoms with Crippen LogP contribution in [0.25, 0.3) is 16.7 Å². The molecule has 0 bridgehead atoms. The highest BCUT2D eigenvalue weighted by molar-refractivity contribution is 5.88. The van der Waals surface area contributed by atoms with Gasteiger partial charge >= 0.3 is 0 Å². The molecular formula is C22H28N6O2. The van der Waals surface area contributed by atoms with Gasteiger partial charge in [-0.1, -0.05) is 0 Å². The van der Waals surface area contributed by atoms with Crippen LogP contribution >= 0.6 is 0 Å². The standard InChI is InChI=1S/C22H28N6O2/c1-4-26(5-2)22(29)16-7-6-12-27(14-16)20-19-13-25-28(21(19)24-15-23-20)17-8-10-18(30-3)11-9-17/h8-11,13,15-16H,4-7,12,14H2,1-3H3/t16-/m0/s1. The van der Waals surface area contributed by atoms with Crippen molar-refractivity contribution in [2.75, 3.05) is 38.2 Å². The molecule has 1 saturated heterocycles. The monoisotopic (exact) mass is 408 g/mol. The number of nitrogens with zero attached hydrogens (tertiary/aromatic N) is 6. The number of hydrogen-bond donors (Lipinski definition) is 0. The number of carbonyl (C=O) groups excluding carboxylic acids is 1. The Morgan fingerprint density at radius 3 is 2.67 bits per heavy atom. The van der Waals surface area contributed by atoms with Gasteiger partial charge in [-0.2, -0.15) is 5.10 Å². The molecule has 8 nitrogen and oxygen atoms in total. The second-order valence-corrected chi connectivity index (χ2v) is 7.48. The Morgan fingerprint density at radius 2 is 1.97 bits per heavy atom. The van der Waals surface area contributed by atoms with Gasteiger partial charge in [0, 0.05) is 26.2 Å². The molecule has 8 heteroatoms. The van der Waals surface area contributed by atoms with Crippen molar-refractivity contribution < 1.29 is 9.53 Å². The van der Waals surface area contributed by atoms with E-state index >= 15 is 0 Å². The summed E-state index contributed by atoms with van der Waals surface area (Å²) in [6.07, 6.45) is 5.28. The Labute approximate surface area is 176 Å². The zero-order chi connectivity index (χ0) is 21.1. The lowest BCUT2D eigenvalue weighted by Crippen LogP contribution is -2.45. The van der Waals surface area contributed by atoms with E-state index in [0.717, 1.165) is 60.8 Å². The van der Waals surface area contributed by atoms with Crippen LogP contribution in [0.15, 0.2) is 36.8 Å². The number of carbonyl (C=O) groups is 1. The number of benzene rings is 1. The van der Waals surface area contributed by atoms with Crippen molar-refractivity contribution in [3.05, 3.63) is 36.8 Å². The first-order valence-corrected chi connectivity index (χ1v) is 10.5. The van der Waals surface area contributed by atoms with Gasteiger partial charge in [0.2, 0.25) is 5.91 Å². The minimum Gasteiger partial charge on any atom is -0.497 e. The third kappa shape index (κ3) is 3.69. The zero-order valence-corrected chi connectivity index (χ0v) is 17.8. The van der Waals surface area contributed by atoms with E-state index in [-0.39, 0.29) is 11.8 Å². The summed E-state index contributed by atoms with van der Waals surface area (Å²) < 4.78 is 7.05. The average molecular weight is 409 g/mol. The molecule has 30 heavy (non-hydrogen) atoms. The van der Waals surface area contributed by atoms with E-state index in [0.29, 0.717) is 6.54 Å². The molecule has 2 aromatic heterocycles. The largest absolute Gasteiger partial charge is 0.497 e. The molecule has 1 aliphatic heterocycles. The molecule has 0 unspecified atom stereocenters. The van der Waals surface area contributed by atoms with Crippen LogP contribution in [0, 0.1) is 5.92 Å². The molecule has 1 amide bonds. The fourth-order valence-corrected chi connectivity index (χ4v) is 4.16. The van der Waals surface area contributed by atoms with Crippen molar-refractivity contribution >= 4 is 22.8 Å². The van der Waals surface area contributed by atoms with Crippen LogP contribution in [-0.4, -0.2) is 63.8 Å². The summed E-state index contributed by atoms with van der Waals surface area (Å²) in [6, 6.07) is 7.71. The van der Waals surface area contributed by atoms with Crippen LogP contribution in [0.1, 0.15) is 26.7 Å². The predicted molar refractivity (Wildman–Crippen MR) is 116 cm³/mol. The number of fused-ring (bicyclic) bond motifs is 1. The molecule has 0 N–H and O–H groups in total. The molecule has 0 radical (unpaired) electrons. The van der Waals surface area contributed by atoms with Crippen molar-refractivity contribution in [3.63, 3.8) is 0 Å². The number of hydrogen-bond acceptors (Lipinski definition) is 6. The molecule has 0 saturated carbocycles. The maximum Gasteiger partial charge on any atom is 0.227 e. The molecule has 1 atom stereocenters. The Hall–Kier alpha value is -3.16. The van der Waals surface area contributed by atoms with E-state index in [9.17, 15) is 4.79 Å². The molecule has 1 aromatic carbocycles. The summed E-state index contributed by atoms with van der Waals surface area (Å²) in [4.78, 5) is 26.1. The highest BCUT2D eigenvalue weighted by Gasteiger charge is 2.30. The van der Waals surface area contributed by atoms with Gasteiger partial charge in [0.15, 0.2) is 5.65 Å². The van der Waals surface area contributed by atoms with Gasteiger partial charge in [-0.3, -0.25) is 4.79 Å². The Balaban J connectivity index is 1.63. The second-order valence-electron chi connectivity index (χ2n) is 7.48. The zero-order valence-electron chi connectivity index (χ0n) is 17.8. The SMILES string of the molecule is CCN(CC)C(=O)[C@H]1CCCN(c2ncnc3c2cnn3-c2ccc(OC)cc2)C1. The molecule has 1 aliphatic rings. The first-order valence-electron chi connectivity index (χ1n) is 10.5. The summed E-state index contributed by atoms with van der Waals surface area (Å²) in [5.41, 5.74) is 1.66. The highest BCUT2D eigenvalue weighted by Crippen LogP contribution is 2.29. The summed E-state index contributed by atoms with van der Waals surface area (Å²) in [6.45, 7) is 7.11. The van der Waals surface area contributed by atoms with E-state index in [1.54, 1.807) is 13.4 Å². The van der Waals surface area contributed by atoms with E-state index in [4.69, 9.17) is 4.74 Å². The Bertz CT molecular complexity index is 1010. The summed E-state index contributed by atoms with van der Waals surface area (Å²) in [7, 11) is 1.65. The lowest BCUT2D eigenvalue weighted by Gasteiger charge is -2.35. The van der Waals surface area contributed by atoms with Crippen LogP contribution in [0.3, 0.4) is 0 Å². The number of rotatable bonds is 6. The maximum absolute atomic E-state index is 12.9. The molecule has 3 aromatic rings. The number of methoxy groups -OCH3 is 1. The van der Waals surface area contributed by atoms with E-state index in [1.807, 2.05) is 53.9 Å². The minimum atomic E-state index is 0.000276. The van der Waals surface area contributed by atoms with Crippen LogP contribution in [0.4, 0.5) is 5.82 Å². The lowest BCUT2D eigenvalue weighted by molar-refractivity contribution is -0.135. The smallest absolute Gasteiger partial charge is 0.227 e. The number of ether oxygens (including phenoxy) is 1. The quantitative estimate of drug-likeness (QED) is 0.624. The fraction of sp³-hybridized carbons (Fsp3) is 0.455. The summed E-state index contributed by atoms with van der Waals surface area (Å²) in [5.74, 6) is 1.88. The molecule has 0 aliphatic carbocycles. The summed E-state index contributed by atoms with van der Waals surface area (Å²) >= 11 is 0. The van der Waals surface area contributed by atoms with E-state index in [1.165, 1.54) is 0 Å². The fourth-order valence-electron chi connectivity index (χ4n) is 4.16. The minimum absolute atomic E-state index is 0.000276. The second kappa shape index (κ2) is 8.69. The number of amides is 1. The van der Waals surface area contributed by atoms with Gasteiger partial charge in [0.25, 0.3) is 0 Å². The van der Waals surface area contributed by atoms with Gasteiger partial charge in [-0.05, 0) is 51.0 Å². The highest BCUT2D eigenvalue weighted by atomic mass is 16.5. The molecule has 4 rings (SSSR count). The molecule has 0 spiro atoms. The molecule has 158 valence electrons. The topological polar surface area (TPSA) is 76.4 Å². The van der Waals surface area contributed by atoms with Crippen LogP contribution in [0.2, 0.25) is 0 Å². The average Bonchev–Trinajstić information content (AvgIpc) is 3.24. The number of piperidine rings is 1. The summed E-state index contributed by atoms with van der Waals surface area (Å²) in [5, 5.41) is 5.45. The maximum atomic E-state index is 12.9. The van der Waals surface area contributed by atoms with E-state index in [2.05, 4.69) is 20.0 Å². The molecule has 3 heterocycles. The third-order valence-corrected chi connectivity index (χ3v) is 5.81. The van der Waals surface area contributed by atoms with Gasteiger partial charge in [-0.25, -0.2) is 14.6 Å². The first-order chi connectivity index (χ1) is 14.7. The van der Waals surface area contributed by atoms with Crippen LogP contribution in [0.5, 0.6) is 5.75 Å². The van der Waals surface area contributed by atoms with Gasteiger partial charge in [0.1, 0.15) is 17.9 Å². The normalized spacial score (nSPS) is 16.6. The first kappa shape index (κ1) is 20.1. The van der Waals surface area contributed by atoms with Gasteiger partial charge < -0.3 is 14.5 Å². The van der Waals surface area contributed by atoms with Crippen molar-refractivity contribution in [1.82, 2.24) is 24.6 Å².